The number of carbonyl (C=O) groups is 1. The van der Waals surface area contributed by atoms with Gasteiger partial charge in [-0.3, -0.25) is 4.79 Å². The Morgan fingerprint density at radius 2 is 2.45 bits per heavy atom. The van der Waals surface area contributed by atoms with Gasteiger partial charge in [0.05, 0.1) is 5.92 Å². The lowest BCUT2D eigenvalue weighted by atomic mass is 9.95. The van der Waals surface area contributed by atoms with Crippen LogP contribution >= 0.6 is 0 Å². The van der Waals surface area contributed by atoms with Crippen molar-refractivity contribution in [3.63, 3.8) is 0 Å². The molecule has 11 heavy (non-hydrogen) atoms. The first-order valence-electron chi connectivity index (χ1n) is 3.35. The molecule has 0 spiro atoms. The van der Waals surface area contributed by atoms with E-state index in [2.05, 4.69) is 16.4 Å². The fourth-order valence-electron chi connectivity index (χ4n) is 1.09. The first-order valence-corrected chi connectivity index (χ1v) is 3.35. The standard InChI is InChI=1S/C8H6N2O/c11-8-7-4-2-1-3-6(7)5-9-10-8/h1-4,7H,(H,10,11). The van der Waals surface area contributed by atoms with Gasteiger partial charge in [0.25, 0.3) is 5.91 Å². The van der Waals surface area contributed by atoms with Gasteiger partial charge in [-0.2, -0.15) is 0 Å². The van der Waals surface area contributed by atoms with Gasteiger partial charge >= 0.3 is 0 Å². The monoisotopic (exact) mass is 146 g/mol. The van der Waals surface area contributed by atoms with Gasteiger partial charge in [-0.25, -0.2) is 5.43 Å². The van der Waals surface area contributed by atoms with Crippen LogP contribution < -0.4 is 5.43 Å². The van der Waals surface area contributed by atoms with E-state index in [-0.39, 0.29) is 11.8 Å². The molecule has 0 aromatic rings. The Labute approximate surface area is 63.8 Å². The molecule has 0 aromatic carbocycles. The molecule has 1 aliphatic heterocycles. The number of rotatable bonds is 0. The third kappa shape index (κ3) is 0.914. The number of nitrogens with one attached hydrogen (secondary N) is 1. The molecule has 1 amide bonds. The van der Waals surface area contributed by atoms with E-state index in [9.17, 15) is 4.79 Å². The lowest BCUT2D eigenvalue weighted by Crippen LogP contribution is -2.30. The second-order valence-corrected chi connectivity index (χ2v) is 2.38. The van der Waals surface area contributed by atoms with Crippen molar-refractivity contribution >= 4 is 11.8 Å². The molecule has 1 heterocycles. The molecular weight excluding hydrogens is 140 g/mol. The summed E-state index contributed by atoms with van der Waals surface area (Å²) in [6, 6.07) is 0. The van der Waals surface area contributed by atoms with Crippen molar-refractivity contribution in [2.75, 3.05) is 0 Å². The first kappa shape index (κ1) is 6.13. The molecule has 0 bridgehead atoms. The lowest BCUT2D eigenvalue weighted by molar-refractivity contribution is -0.122. The molecule has 2 aliphatic rings. The molecule has 1 unspecified atom stereocenters. The highest BCUT2D eigenvalue weighted by atomic mass is 16.2. The zero-order valence-corrected chi connectivity index (χ0v) is 5.74. The van der Waals surface area contributed by atoms with Gasteiger partial charge < -0.3 is 0 Å². The minimum absolute atomic E-state index is 0.0839. The summed E-state index contributed by atoms with van der Waals surface area (Å²) in [7, 11) is 0. The van der Waals surface area contributed by atoms with Crippen LogP contribution in [0.15, 0.2) is 35.0 Å². The van der Waals surface area contributed by atoms with Crippen molar-refractivity contribution in [2.45, 2.75) is 0 Å². The van der Waals surface area contributed by atoms with Gasteiger partial charge in [0, 0.05) is 11.4 Å². The quantitative estimate of drug-likeness (QED) is 0.527. The number of amides is 1. The third-order valence-electron chi connectivity index (χ3n) is 1.66. The summed E-state index contributed by atoms with van der Waals surface area (Å²) in [4.78, 5) is 11.1. The van der Waals surface area contributed by atoms with Crippen LogP contribution in [0.25, 0.3) is 0 Å². The van der Waals surface area contributed by atoms with Crippen LogP contribution in [-0.2, 0) is 4.79 Å². The van der Waals surface area contributed by atoms with Crippen molar-refractivity contribution in [3.05, 3.63) is 29.9 Å². The van der Waals surface area contributed by atoms with Crippen LogP contribution in [0.2, 0.25) is 0 Å². The minimum atomic E-state index is -0.183. The zero-order chi connectivity index (χ0) is 7.68. The fourth-order valence-corrected chi connectivity index (χ4v) is 1.09. The van der Waals surface area contributed by atoms with Crippen LogP contribution in [0.4, 0.5) is 0 Å². The van der Waals surface area contributed by atoms with E-state index in [4.69, 9.17) is 0 Å². The molecule has 3 heteroatoms. The van der Waals surface area contributed by atoms with Crippen molar-refractivity contribution in [3.8, 4) is 0 Å². The van der Waals surface area contributed by atoms with Crippen LogP contribution in [0.5, 0.6) is 0 Å². The van der Waals surface area contributed by atoms with Crippen LogP contribution in [0, 0.1) is 5.92 Å². The molecule has 3 nitrogen and oxygen atoms in total. The molecule has 54 valence electrons. The van der Waals surface area contributed by atoms with E-state index >= 15 is 0 Å². The van der Waals surface area contributed by atoms with Gasteiger partial charge in [-0.15, -0.1) is 5.10 Å². The Morgan fingerprint density at radius 3 is 3.27 bits per heavy atom. The van der Waals surface area contributed by atoms with Crippen molar-refractivity contribution in [1.82, 2.24) is 5.43 Å². The molecule has 1 aliphatic carbocycles. The summed E-state index contributed by atoms with van der Waals surface area (Å²) >= 11 is 0. The molecule has 0 radical (unpaired) electrons. The number of hydrazone groups is 1. The first-order chi connectivity index (χ1) is 5.38. The van der Waals surface area contributed by atoms with Gasteiger partial charge in [-0.05, 0) is 6.08 Å². The Hall–Kier alpha value is -1.60. The fraction of sp³-hybridized carbons (Fsp3) is 0.125. The average molecular weight is 146 g/mol. The Morgan fingerprint density at radius 1 is 1.55 bits per heavy atom. The van der Waals surface area contributed by atoms with Crippen LogP contribution in [-0.4, -0.2) is 11.8 Å². The molecule has 1 atom stereocenters. The smallest absolute Gasteiger partial charge is 0.252 e. The predicted molar refractivity (Wildman–Crippen MR) is 40.9 cm³/mol. The summed E-state index contributed by atoms with van der Waals surface area (Å²) in [5.41, 5.74) is 3.18. The molecule has 0 fully saturated rings. The number of carbonyl (C=O) groups excluding carboxylic acids is 1. The van der Waals surface area contributed by atoms with Gasteiger partial charge in [0.2, 0.25) is 0 Å². The molecule has 2 rings (SSSR count). The van der Waals surface area contributed by atoms with Crippen molar-refractivity contribution < 1.29 is 4.79 Å². The molecule has 0 saturated heterocycles. The van der Waals surface area contributed by atoms with Crippen molar-refractivity contribution in [2.24, 2.45) is 11.0 Å². The maximum Gasteiger partial charge on any atom is 0.252 e. The summed E-state index contributed by atoms with van der Waals surface area (Å²) < 4.78 is 0. The number of nitrogens with zero attached hydrogens (tertiary/aromatic N) is 1. The van der Waals surface area contributed by atoms with Crippen molar-refractivity contribution in [1.29, 1.82) is 0 Å². The second-order valence-electron chi connectivity index (χ2n) is 2.38. The Bertz CT molecular complexity index is 319. The van der Waals surface area contributed by atoms with Gasteiger partial charge in [0.15, 0.2) is 0 Å². The number of hydrogen-bond acceptors (Lipinski definition) is 2. The number of hydrogen-bond donors (Lipinski definition) is 1. The van der Waals surface area contributed by atoms with E-state index in [1.165, 1.54) is 0 Å². The van der Waals surface area contributed by atoms with Gasteiger partial charge in [0.1, 0.15) is 0 Å². The minimum Gasteiger partial charge on any atom is -0.272 e. The van der Waals surface area contributed by atoms with E-state index in [1.54, 1.807) is 0 Å². The summed E-state index contributed by atoms with van der Waals surface area (Å²) in [6.07, 6.45) is 7.38. The summed E-state index contributed by atoms with van der Waals surface area (Å²) in [5, 5.41) is 3.57. The number of fused-ring (bicyclic) bond motifs is 1. The largest absolute Gasteiger partial charge is 0.272 e. The Kier molecular flexibility index (Phi) is 1.24. The van der Waals surface area contributed by atoms with Gasteiger partial charge in [-0.1, -0.05) is 18.2 Å². The topological polar surface area (TPSA) is 41.5 Å². The maximum atomic E-state index is 11.1. The highest BCUT2D eigenvalue weighted by Crippen LogP contribution is 2.17. The average Bonchev–Trinajstić information content (AvgIpc) is 2.06. The lowest BCUT2D eigenvalue weighted by Gasteiger charge is -2.14. The Balaban J connectivity index is 2.48. The van der Waals surface area contributed by atoms with Crippen LogP contribution in [0.3, 0.4) is 0 Å². The highest BCUT2D eigenvalue weighted by Gasteiger charge is 2.22. The normalized spacial score (nSPS) is 26.0. The summed E-state index contributed by atoms with van der Waals surface area (Å²) in [6.45, 7) is 0. The van der Waals surface area contributed by atoms with E-state index < -0.39 is 0 Å². The molecule has 1 N–H and O–H groups in total. The predicted octanol–water partition coefficient (Wildman–Crippen LogP) is 0.369. The summed E-state index contributed by atoms with van der Waals surface area (Å²) in [5.74, 6) is 2.46. The van der Waals surface area contributed by atoms with Crippen LogP contribution in [0.1, 0.15) is 0 Å². The molecule has 0 saturated carbocycles. The highest BCUT2D eigenvalue weighted by molar-refractivity contribution is 5.90. The number of allylic oxidation sites excluding steroid dienone is 3. The molecular formula is C8H6N2O. The van der Waals surface area contributed by atoms with E-state index in [0.29, 0.717) is 0 Å². The maximum absolute atomic E-state index is 11.1. The SMILES string of the molecule is O=C1NN=C=C2C=CC=CC12. The molecule has 0 aromatic heterocycles. The zero-order valence-electron chi connectivity index (χ0n) is 5.74. The third-order valence-corrected chi connectivity index (χ3v) is 1.66. The van der Waals surface area contributed by atoms with E-state index in [1.807, 2.05) is 24.3 Å². The second kappa shape index (κ2) is 2.22. The van der Waals surface area contributed by atoms with E-state index in [0.717, 1.165) is 5.57 Å².